The largest absolute Gasteiger partial charge is 0.394 e. The summed E-state index contributed by atoms with van der Waals surface area (Å²) in [6, 6.07) is -5.08. The zero-order valence-electron chi connectivity index (χ0n) is 41.0. The van der Waals surface area contributed by atoms with E-state index in [9.17, 15) is 106 Å². The van der Waals surface area contributed by atoms with E-state index in [-0.39, 0.29) is 0 Å². The Morgan fingerprint density at radius 3 is 1.29 bits per heavy atom. The Bertz CT molecular complexity index is 1820. The fourth-order valence-electron chi connectivity index (χ4n) is 9.22. The van der Waals surface area contributed by atoms with E-state index in [0.717, 1.165) is 20.8 Å². The van der Waals surface area contributed by atoms with E-state index in [4.69, 9.17) is 47.4 Å². The van der Waals surface area contributed by atoms with Crippen LogP contribution in [-0.2, 0) is 61.8 Å². The van der Waals surface area contributed by atoms with Gasteiger partial charge in [0.15, 0.2) is 31.5 Å². The third-order valence-electron chi connectivity index (χ3n) is 13.3. The lowest BCUT2D eigenvalue weighted by molar-refractivity contribution is -0.376. The molecule has 5 saturated heterocycles. The third-order valence-corrected chi connectivity index (χ3v) is 13.3. The van der Waals surface area contributed by atoms with Gasteiger partial charge in [0.05, 0.1) is 46.2 Å². The summed E-state index contributed by atoms with van der Waals surface area (Å²) in [7, 11) is 0. The van der Waals surface area contributed by atoms with Gasteiger partial charge in [0.25, 0.3) is 0 Å². The first-order valence-electron chi connectivity index (χ1n) is 24.0. The first-order chi connectivity index (χ1) is 35.9. The highest BCUT2D eigenvalue weighted by atomic mass is 16.8. The van der Waals surface area contributed by atoms with E-state index in [0.29, 0.717) is 0 Å². The molecule has 0 aromatic carbocycles. The van der Waals surface area contributed by atoms with Crippen LogP contribution < -0.4 is 16.0 Å². The van der Waals surface area contributed by atoms with Crippen molar-refractivity contribution in [3.8, 4) is 0 Å². The second-order valence-electron chi connectivity index (χ2n) is 18.8. The predicted octanol–water partition coefficient (Wildman–Crippen LogP) is -14.0. The molecule has 0 saturated carbocycles. The van der Waals surface area contributed by atoms with Crippen LogP contribution in [0.4, 0.5) is 0 Å². The van der Waals surface area contributed by atoms with Crippen molar-refractivity contribution in [3.05, 3.63) is 0 Å². The highest BCUT2D eigenvalue weighted by Gasteiger charge is 2.57. The van der Waals surface area contributed by atoms with Gasteiger partial charge in [-0.2, -0.15) is 0 Å². The molecule has 34 heteroatoms. The Balaban J connectivity index is 1.46. The van der Waals surface area contributed by atoms with Crippen molar-refractivity contribution in [3.63, 3.8) is 0 Å². The molecule has 5 aliphatic heterocycles. The Hall–Kier alpha value is -2.71. The van der Waals surface area contributed by atoms with Crippen LogP contribution in [0.3, 0.4) is 0 Å². The molecule has 76 heavy (non-hydrogen) atoms. The lowest BCUT2D eigenvalue weighted by atomic mass is 9.94. The molecule has 0 bridgehead atoms. The SMILES string of the molecule is CC(=O)N[C@H]1[C@H](O[C@H]2[C@@H](O)[C@@H](CO[C@@H]3O[C@H](CO)[C@@H](O[C@@H]4O[C@H](CO)[C@H](O)[C@H](O)[C@H]4NC(C)=O)[C@H](O)[C@H]3NC(C)=O)O[C@@H](O[C@@H]([C@H](O)[C@@H](O)CO)[C@H](O)CO)[C@@H]2O)O[C@H](CO)[C@@H](O[C@@H]2O[C@H](CO)[C@H](O)[C@H](O)[C@H]2O)[C@@H]1O. The summed E-state index contributed by atoms with van der Waals surface area (Å²) in [5, 5.41) is 198. The van der Waals surface area contributed by atoms with E-state index < -0.39 is 242 Å². The Kier molecular flexibility index (Phi) is 24.1. The number of carbonyl (C=O) groups is 3. The molecule has 5 heterocycles. The van der Waals surface area contributed by atoms with Gasteiger partial charge in [-0.15, -0.1) is 0 Å². The first kappa shape index (κ1) is 64.1. The van der Waals surface area contributed by atoms with E-state index >= 15 is 0 Å². The number of hydrogen-bond donors (Lipinski definition) is 21. The van der Waals surface area contributed by atoms with Crippen LogP contribution in [0.2, 0.25) is 0 Å². The minimum atomic E-state index is -2.34. The first-order valence-corrected chi connectivity index (χ1v) is 24.0. The van der Waals surface area contributed by atoms with E-state index in [2.05, 4.69) is 16.0 Å². The van der Waals surface area contributed by atoms with Crippen LogP contribution in [0.1, 0.15) is 20.8 Å². The van der Waals surface area contributed by atoms with Crippen molar-refractivity contribution in [2.24, 2.45) is 0 Å². The molecule has 34 nitrogen and oxygen atoms in total. The van der Waals surface area contributed by atoms with Crippen molar-refractivity contribution in [1.29, 1.82) is 0 Å². The summed E-state index contributed by atoms with van der Waals surface area (Å²) < 4.78 is 57.9. The molecule has 5 aliphatic rings. The Labute approximate surface area is 431 Å². The van der Waals surface area contributed by atoms with Crippen LogP contribution >= 0.6 is 0 Å². The Morgan fingerprint density at radius 2 is 0.816 bits per heavy atom. The van der Waals surface area contributed by atoms with Gasteiger partial charge in [0, 0.05) is 20.8 Å². The van der Waals surface area contributed by atoms with E-state index in [1.54, 1.807) is 0 Å². The molecule has 0 spiro atoms. The lowest BCUT2D eigenvalue weighted by Crippen LogP contribution is -2.70. The van der Waals surface area contributed by atoms with Crippen LogP contribution in [0.25, 0.3) is 0 Å². The summed E-state index contributed by atoms with van der Waals surface area (Å²) in [6.07, 6.45) is -50.4. The molecule has 442 valence electrons. The molecule has 0 aromatic heterocycles. The zero-order chi connectivity index (χ0) is 56.6. The van der Waals surface area contributed by atoms with Gasteiger partial charge in [-0.1, -0.05) is 0 Å². The van der Waals surface area contributed by atoms with Gasteiger partial charge in [-0.05, 0) is 0 Å². The number of carbonyl (C=O) groups excluding carboxylic acids is 3. The maximum absolute atomic E-state index is 12.6. The smallest absolute Gasteiger partial charge is 0.217 e. The maximum atomic E-state index is 12.6. The molecule has 0 unspecified atom stereocenters. The van der Waals surface area contributed by atoms with Crippen molar-refractivity contribution >= 4 is 17.7 Å². The lowest BCUT2D eigenvalue weighted by Gasteiger charge is -2.50. The van der Waals surface area contributed by atoms with Crippen LogP contribution in [0.15, 0.2) is 0 Å². The molecule has 5 fully saturated rings. The van der Waals surface area contributed by atoms with Crippen molar-refractivity contribution in [2.75, 3.05) is 46.2 Å². The third kappa shape index (κ3) is 14.8. The molecule has 3 amide bonds. The van der Waals surface area contributed by atoms with Gasteiger partial charge in [0.1, 0.15) is 146 Å². The van der Waals surface area contributed by atoms with Crippen LogP contribution in [0.5, 0.6) is 0 Å². The van der Waals surface area contributed by atoms with Crippen molar-refractivity contribution < 1.29 is 154 Å². The van der Waals surface area contributed by atoms with Gasteiger partial charge in [0.2, 0.25) is 17.7 Å². The molecule has 21 N–H and O–H groups in total. The summed E-state index contributed by atoms with van der Waals surface area (Å²) in [4.78, 5) is 37.3. The number of aliphatic hydroxyl groups is 18. The molecule has 0 aliphatic carbocycles. The number of hydrogen-bond acceptors (Lipinski definition) is 31. The monoisotopic (exact) mass is 1120 g/mol. The molecular formula is C42H73N3O31. The summed E-state index contributed by atoms with van der Waals surface area (Å²) >= 11 is 0. The second-order valence-corrected chi connectivity index (χ2v) is 18.8. The standard InChI is InChI=1S/C42H73N3O31/c1-11(52)43-21-28(61)25(58)16(6-48)68-39(21)74-35-18(8-50)70-38(22(29(35)62)44-12(2)53)67-10-20-27(60)37(33(66)42(72-20)73-34(15(56)5-47)24(57)14(55)4-46)76-40-23(45-13(3)54)30(63)36(19(9-51)71-40)75-41-32(65)31(64)26(59)17(7-49)69-41/h14-42,46-51,55-66H,4-10H2,1-3H3,(H,43,52)(H,44,53)(H,45,54)/t14-,15+,16+,17+,18+,19+,20+,21+,22+,23+,24+,25-,26-,27-,28+,29+,30+,31-,32+,33+,34+,35+,36+,37-,38+,39-,40-,41-,42-/m0/s1. The van der Waals surface area contributed by atoms with Gasteiger partial charge in [-0.25, -0.2) is 0 Å². The minimum absolute atomic E-state index is 0.738. The topological polar surface area (TPSA) is 544 Å². The molecule has 29 atom stereocenters. The average molecular weight is 1120 g/mol. The molecular weight excluding hydrogens is 1040 g/mol. The van der Waals surface area contributed by atoms with E-state index in [1.807, 2.05) is 0 Å². The number of rotatable bonds is 23. The zero-order valence-corrected chi connectivity index (χ0v) is 41.0. The van der Waals surface area contributed by atoms with Crippen molar-refractivity contribution in [1.82, 2.24) is 16.0 Å². The van der Waals surface area contributed by atoms with Gasteiger partial charge in [-0.3, -0.25) is 14.4 Å². The predicted molar refractivity (Wildman–Crippen MR) is 236 cm³/mol. The number of ether oxygens (including phenoxy) is 10. The van der Waals surface area contributed by atoms with Gasteiger partial charge >= 0.3 is 0 Å². The number of aliphatic hydroxyl groups excluding tert-OH is 18. The number of nitrogens with one attached hydrogen (secondary N) is 3. The van der Waals surface area contributed by atoms with E-state index in [1.165, 1.54) is 0 Å². The Morgan fingerprint density at radius 1 is 0.421 bits per heavy atom. The second kappa shape index (κ2) is 28.6. The molecule has 0 aromatic rings. The highest BCUT2D eigenvalue weighted by Crippen LogP contribution is 2.35. The maximum Gasteiger partial charge on any atom is 0.217 e. The fourth-order valence-corrected chi connectivity index (χ4v) is 9.22. The van der Waals surface area contributed by atoms with Gasteiger partial charge < -0.3 is 155 Å². The number of amides is 3. The molecule has 0 radical (unpaired) electrons. The summed E-state index contributed by atoms with van der Waals surface area (Å²) in [6.45, 7) is -4.03. The fraction of sp³-hybridized carbons (Fsp3) is 0.929. The highest BCUT2D eigenvalue weighted by molar-refractivity contribution is 5.74. The normalized spacial score (nSPS) is 43.8. The quantitative estimate of drug-likeness (QED) is 0.0452. The molecule has 5 rings (SSSR count). The van der Waals surface area contributed by atoms with Crippen LogP contribution in [0, 0.1) is 0 Å². The average Bonchev–Trinajstić information content (AvgIpc) is 3.38. The minimum Gasteiger partial charge on any atom is -0.394 e. The summed E-state index contributed by atoms with van der Waals surface area (Å²) in [5.41, 5.74) is 0. The van der Waals surface area contributed by atoms with Crippen LogP contribution in [-0.4, -0.2) is 334 Å². The van der Waals surface area contributed by atoms with Crippen molar-refractivity contribution in [2.45, 2.75) is 199 Å². The summed E-state index contributed by atoms with van der Waals surface area (Å²) in [5.74, 6) is -2.44.